The number of fused-ring (bicyclic) bond motifs is 1. The number of ether oxygens (including phenoxy) is 1. The van der Waals surface area contributed by atoms with Crippen LogP contribution in [0.4, 0.5) is 23.0 Å². The number of aromatic amines is 1. The van der Waals surface area contributed by atoms with Gasteiger partial charge in [0.2, 0.25) is 17.8 Å². The molecule has 5 aromatic rings. The number of carboxylic acids is 1. The van der Waals surface area contributed by atoms with Gasteiger partial charge in [0.05, 0.1) is 52.7 Å². The van der Waals surface area contributed by atoms with Crippen molar-refractivity contribution in [1.82, 2.24) is 35.9 Å². The van der Waals surface area contributed by atoms with Crippen molar-refractivity contribution in [2.24, 2.45) is 28.3 Å². The third-order valence-electron chi connectivity index (χ3n) is 12.4. The van der Waals surface area contributed by atoms with Crippen molar-refractivity contribution in [3.63, 3.8) is 0 Å². The van der Waals surface area contributed by atoms with Gasteiger partial charge in [-0.2, -0.15) is 43.3 Å². The number of hydrogen-bond donors (Lipinski definition) is 10. The minimum atomic E-state index is -1.44. The Morgan fingerprint density at radius 2 is 1.33 bits per heavy atom. The Kier molecular flexibility index (Phi) is 39.9. The number of carboxylic acid groups (broad SMARTS) is 1. The number of amides is 3. The van der Waals surface area contributed by atoms with Crippen LogP contribution in [0.3, 0.4) is 0 Å². The fourth-order valence-electron chi connectivity index (χ4n) is 7.89. The van der Waals surface area contributed by atoms with Crippen LogP contribution in [0.1, 0.15) is 93.8 Å². The summed E-state index contributed by atoms with van der Waals surface area (Å²) in [6.07, 6.45) is 2.27. The van der Waals surface area contributed by atoms with Crippen LogP contribution in [-0.2, 0) is 89.6 Å². The highest BCUT2D eigenvalue weighted by Gasteiger charge is 2.29. The maximum atomic E-state index is 13.7. The quantitative estimate of drug-likeness (QED) is 0.00705. The Morgan fingerprint density at radius 1 is 0.723 bits per heavy atom. The van der Waals surface area contributed by atoms with Gasteiger partial charge in [-0.1, -0.05) is 82.9 Å². The number of hydrogen-bond acceptors (Lipinski definition) is 27. The number of aromatic nitrogens is 4. The van der Waals surface area contributed by atoms with Gasteiger partial charge in [-0.3, -0.25) is 48.3 Å². The van der Waals surface area contributed by atoms with E-state index in [-0.39, 0.29) is 129 Å². The van der Waals surface area contributed by atoms with E-state index < -0.39 is 76.7 Å². The number of nitrogens with zero attached hydrogens (tertiary/aromatic N) is 4. The molecule has 0 saturated heterocycles. The number of para-hydroxylation sites is 2. The van der Waals surface area contributed by atoms with Crippen LogP contribution in [-0.4, -0.2) is 139 Å². The number of Topliss-reactive ketones (excluding diaryl/α,β-unsaturated/α-hetero) is 3. The van der Waals surface area contributed by atoms with E-state index in [1.807, 2.05) is 6.07 Å². The van der Waals surface area contributed by atoms with Crippen molar-refractivity contribution in [2.75, 3.05) is 34.6 Å². The zero-order valence-electron chi connectivity index (χ0n) is 50.4. The summed E-state index contributed by atoms with van der Waals surface area (Å²) in [5.74, 6) is -6.34. The number of rotatable bonds is 34. The number of nitrogens with two attached hydrogens (primary N) is 3. The van der Waals surface area contributed by atoms with Crippen molar-refractivity contribution >= 4 is 157 Å². The van der Waals surface area contributed by atoms with E-state index in [2.05, 4.69) is 51.5 Å². The number of esters is 1. The van der Waals surface area contributed by atoms with Gasteiger partial charge < -0.3 is 53.6 Å². The van der Waals surface area contributed by atoms with E-state index in [4.69, 9.17) is 83.5 Å². The maximum Gasteiger partial charge on any atom is 0.373 e. The third-order valence-corrected chi connectivity index (χ3v) is 15.2. The first kappa shape index (κ1) is 81.7. The highest BCUT2D eigenvalue weighted by Crippen LogP contribution is 2.34. The number of carbonyl (C=O) groups excluding carboxylic acids is 15. The van der Waals surface area contributed by atoms with Crippen molar-refractivity contribution in [3.8, 4) is 0 Å². The molecule has 94 heavy (non-hydrogen) atoms. The predicted octanol–water partition coefficient (Wildman–Crippen LogP) is 3.29. The second kappa shape index (κ2) is 45.9. The number of ketones is 3. The summed E-state index contributed by atoms with van der Waals surface area (Å²) in [5, 5.41) is 24.8. The third kappa shape index (κ3) is 32.1. The van der Waals surface area contributed by atoms with E-state index in [1.54, 1.807) is 55.5 Å². The minimum Gasteiger partial charge on any atom is -0.480 e. The Morgan fingerprint density at radius 3 is 1.95 bits per heavy atom. The largest absolute Gasteiger partial charge is 0.480 e. The number of carbonyl (C=O) groups is 8. The van der Waals surface area contributed by atoms with Gasteiger partial charge in [0, 0.05) is 66.8 Å². The molecule has 32 nitrogen and oxygen atoms in total. The molecule has 0 aliphatic carbocycles. The molecule has 0 aliphatic heterocycles. The number of H-pyrrole nitrogens is 1. The first-order valence-electron chi connectivity index (χ1n) is 27.5. The highest BCUT2D eigenvalue weighted by atomic mass is 35.5. The molecule has 0 spiro atoms. The van der Waals surface area contributed by atoms with Crippen LogP contribution in [0, 0.1) is 11.8 Å². The lowest BCUT2D eigenvalue weighted by molar-refractivity contribution is -0.193. The monoisotopic (exact) mass is 1380 g/mol. The molecule has 0 aliphatic rings. The Balaban J connectivity index is 0.00000341. The van der Waals surface area contributed by atoms with Crippen molar-refractivity contribution in [3.05, 3.63) is 110 Å². The Labute approximate surface area is 552 Å². The standard InChI is InChI=1S/C54H65Cl2N13O11S2.4CO2/c1-29(23-36(70)19-20-41(52(78)79)67-50(76)32-15-17-34(18-16-32)61-26-35-27-62-47-46(64-35)51(77)69-54(59)68-47)49(75)66-40(13-7-21-60-53(57)58)43(72)24-30(2)48(74)63-31(3)42(71)14-8-22-81-82-28-80-44(73)25-33-9-4-5-12-39(33)65-45-37(55)10-6-11-38(45)56;4*2-1-3/h4-6,9-12,15-18,27,29-31,40-41,61,65H,7-8,13-14,19-26,28H2,1-3H3,(H,63,74)(H,66,75)(H,67,76)(H,78,79)(H4,57,58,60)(H3,59,62,68,69,77);;;;. The van der Waals surface area contributed by atoms with Gasteiger partial charge in [0.1, 0.15) is 17.8 Å². The van der Waals surface area contributed by atoms with Gasteiger partial charge in [0.25, 0.3) is 11.5 Å². The van der Waals surface area contributed by atoms with E-state index in [0.717, 1.165) is 0 Å². The summed E-state index contributed by atoms with van der Waals surface area (Å²) in [6.45, 7) is 4.84. The van der Waals surface area contributed by atoms with Gasteiger partial charge >= 0.3 is 36.5 Å². The van der Waals surface area contributed by atoms with Crippen LogP contribution >= 0.6 is 44.8 Å². The SMILES string of the molecule is CC(CC(=O)C(CCCN=C(N)N)NC(=O)C(C)CC(=O)CCC(NC(=O)c1ccc(NCc2cnc3nc(N)[nH]c(=O)c3n2)cc1)C(=O)O)C(=O)NC(C)C(=O)CCCSSCOC(=O)Cc1ccccc1Nc1c(Cl)cccc1Cl.O=C=O.O=C=O.O=C=O.O=C=O. The van der Waals surface area contributed by atoms with Crippen molar-refractivity contribution in [2.45, 2.75) is 103 Å². The predicted molar refractivity (Wildman–Crippen MR) is 336 cm³/mol. The van der Waals surface area contributed by atoms with Crippen LogP contribution in [0.25, 0.3) is 11.2 Å². The molecule has 0 saturated carbocycles. The van der Waals surface area contributed by atoms with Crippen LogP contribution in [0.15, 0.2) is 82.7 Å². The van der Waals surface area contributed by atoms with Gasteiger partial charge in [-0.05, 0) is 80.6 Å². The molecule has 5 unspecified atom stereocenters. The smallest absolute Gasteiger partial charge is 0.373 e. The molecule has 2 aromatic heterocycles. The summed E-state index contributed by atoms with van der Waals surface area (Å²) >= 11 is 12.6. The molecule has 3 aromatic carbocycles. The highest BCUT2D eigenvalue weighted by molar-refractivity contribution is 8.76. The number of aliphatic imine (C=N–C) groups is 1. The molecule has 0 fully saturated rings. The number of nitrogens with one attached hydrogen (secondary N) is 6. The topological polar surface area (TPSA) is 525 Å². The number of guanidine groups is 1. The van der Waals surface area contributed by atoms with Crippen molar-refractivity contribution < 1.29 is 86.6 Å². The van der Waals surface area contributed by atoms with E-state index in [1.165, 1.54) is 53.8 Å². The maximum absolute atomic E-state index is 13.7. The fraction of sp³-hybridized carbons (Fsp3) is 0.362. The minimum absolute atomic E-state index is 0.00670. The van der Waals surface area contributed by atoms with Crippen LogP contribution < -0.4 is 49.3 Å². The lowest BCUT2D eigenvalue weighted by Crippen LogP contribution is -2.46. The lowest BCUT2D eigenvalue weighted by atomic mass is 9.94. The van der Waals surface area contributed by atoms with Crippen molar-refractivity contribution in [1.29, 1.82) is 0 Å². The van der Waals surface area contributed by atoms with E-state index >= 15 is 0 Å². The summed E-state index contributed by atoms with van der Waals surface area (Å²) < 4.78 is 5.41. The number of anilines is 4. The molecule has 0 radical (unpaired) electrons. The summed E-state index contributed by atoms with van der Waals surface area (Å²) in [6, 6.07) is 15.1. The second-order valence-electron chi connectivity index (χ2n) is 19.3. The molecule has 36 heteroatoms. The first-order chi connectivity index (χ1) is 44.7. The van der Waals surface area contributed by atoms with E-state index in [0.29, 0.717) is 50.5 Å². The normalized spacial score (nSPS) is 11.5. The molecular weight excluding hydrogens is 1320 g/mol. The molecule has 502 valence electrons. The molecule has 3 amide bonds. The molecule has 0 bridgehead atoms. The average Bonchev–Trinajstić information content (AvgIpc) is 0.848. The van der Waals surface area contributed by atoms with Gasteiger partial charge in [-0.25, -0.2) is 14.8 Å². The second-order valence-corrected chi connectivity index (χ2v) is 22.7. The fourth-order valence-corrected chi connectivity index (χ4v) is 10.1. The van der Waals surface area contributed by atoms with Gasteiger partial charge in [0.15, 0.2) is 28.7 Å². The van der Waals surface area contributed by atoms with Crippen LogP contribution in [0.2, 0.25) is 10.0 Å². The molecular formula is C58H65Cl2N13O19S2. The summed E-state index contributed by atoms with van der Waals surface area (Å²) in [7, 11) is 2.74. The molecule has 13 N–H and O–H groups in total. The number of halogens is 2. The van der Waals surface area contributed by atoms with Crippen LogP contribution in [0.5, 0.6) is 0 Å². The number of benzene rings is 3. The van der Waals surface area contributed by atoms with Gasteiger partial charge in [-0.15, -0.1) is 0 Å². The number of aliphatic carboxylic acids is 1. The zero-order valence-corrected chi connectivity index (χ0v) is 53.5. The molecule has 5 atom stereocenters. The Hall–Kier alpha value is -10.3. The van der Waals surface area contributed by atoms with E-state index in [9.17, 15) is 48.3 Å². The average molecular weight is 1380 g/mol. The number of nitrogen functional groups attached to an aromatic ring is 1. The first-order valence-corrected chi connectivity index (χ1v) is 30.8. The Bertz CT molecular complexity index is 3540. The summed E-state index contributed by atoms with van der Waals surface area (Å²) in [5.41, 5.74) is 19.0. The zero-order chi connectivity index (χ0) is 70.7. The molecule has 2 heterocycles. The summed E-state index contributed by atoms with van der Waals surface area (Å²) in [4.78, 5) is 200. The lowest BCUT2D eigenvalue weighted by Gasteiger charge is -2.22. The molecule has 5 rings (SSSR count).